The molecule has 6 fully saturated rings. The van der Waals surface area contributed by atoms with Crippen LogP contribution in [-0.2, 0) is 33.3 Å². The number of allylic oxidation sites excluding steroid dienone is 12. The van der Waals surface area contributed by atoms with Crippen LogP contribution in [0.2, 0.25) is 0 Å². The molecule has 1 aromatic rings. The molecule has 126 heavy (non-hydrogen) atoms. The lowest BCUT2D eigenvalue weighted by molar-refractivity contribution is -0.404. The Labute approximate surface area is 706 Å². The number of ketones is 1. The van der Waals surface area contributed by atoms with E-state index in [9.17, 15) is 156 Å². The van der Waals surface area contributed by atoms with Gasteiger partial charge in [-0.3, -0.25) is 29.3 Å². The number of carbonyl (C=O) groups is 4. The first-order valence-electron chi connectivity index (χ1n) is 39.6. The number of halogens is 29. The SMILES string of the molecule is CC(=O)OCC1CC2C=CC1C2.CC(CC(O)(C(F)(F)F)C(F)(F)F)OC(=O)C1CC2C=CC1C2.CC(F)C(=O)c1ccc([N+](=O)[O-])cc1.CCOC(=O)CCC1CC2C=CC1C2.FC(F)(F)C(F)(F)C(F)(F)C(F)(F)C1CC2C=CC1C2.OC(CC1CC2C=CC1C2)(C(F)(F)F)C(F)(F)F.OC(COCC1CC2C=CC1C2)(C(F)(F)F)C(F)(F)F.[B]P([B])(=N)F. The second-order valence-electron chi connectivity index (χ2n) is 33.6. The molecule has 0 aliphatic heterocycles. The molecule has 12 aliphatic carbocycles. The number of esters is 3. The maximum atomic E-state index is 13.6. The number of rotatable bonds is 22. The molecule has 4 radical (unpaired) electrons. The van der Waals surface area contributed by atoms with Gasteiger partial charge in [0.1, 0.15) is 6.10 Å². The summed E-state index contributed by atoms with van der Waals surface area (Å²) in [5.74, 6) is -20.7. The van der Waals surface area contributed by atoms with Crippen molar-refractivity contribution >= 4 is 51.6 Å². The minimum Gasteiger partial charge on any atom is -0.466 e. The van der Waals surface area contributed by atoms with E-state index in [2.05, 4.69) is 44.2 Å². The number of Topliss-reactive ketones (excluding diaryl/α,β-unsaturated/α-hetero) is 1. The number of carbonyl (C=O) groups excluding carboxylic acids is 4. The van der Waals surface area contributed by atoms with Crippen molar-refractivity contribution in [2.75, 3.05) is 26.4 Å². The van der Waals surface area contributed by atoms with Crippen molar-refractivity contribution in [1.29, 1.82) is 5.16 Å². The highest BCUT2D eigenvalue weighted by molar-refractivity contribution is 8.03. The van der Waals surface area contributed by atoms with E-state index < -0.39 is 169 Å². The van der Waals surface area contributed by atoms with Crippen molar-refractivity contribution < 1.29 is 185 Å². The first kappa shape index (κ1) is 108. The Bertz CT molecular complexity index is 4020. The number of nitrogens with one attached hydrogen (secondary N) is 1. The lowest BCUT2D eigenvalue weighted by Crippen LogP contribution is -2.63. The van der Waals surface area contributed by atoms with Crippen LogP contribution < -0.4 is 0 Å². The fourth-order valence-corrected chi connectivity index (χ4v) is 17.7. The fourth-order valence-electron chi connectivity index (χ4n) is 17.7. The molecule has 47 heteroatoms. The number of ether oxygens (including phenoxy) is 4. The Morgan fingerprint density at radius 2 is 0.857 bits per heavy atom. The average molecular weight is 1880 g/mol. The molecular formula is C79H92B2F29N2O13P. The van der Waals surface area contributed by atoms with Gasteiger partial charge in [0.15, 0.2) is 27.1 Å². The summed E-state index contributed by atoms with van der Waals surface area (Å²) < 4.78 is 383. The maximum absolute atomic E-state index is 13.6. The number of hydrogen-bond acceptors (Lipinski definition) is 14. The average Bonchev–Trinajstić information content (AvgIpc) is 0.984. The van der Waals surface area contributed by atoms with E-state index in [4.69, 9.17) is 34.7 Å². The van der Waals surface area contributed by atoms with Crippen molar-refractivity contribution in [2.24, 2.45) is 107 Å². The molecule has 20 atom stereocenters. The van der Waals surface area contributed by atoms with E-state index in [-0.39, 0.29) is 78.1 Å². The Morgan fingerprint density at radius 1 is 0.492 bits per heavy atom. The zero-order valence-corrected chi connectivity index (χ0v) is 68.3. The summed E-state index contributed by atoms with van der Waals surface area (Å²) in [6.45, 7) is 4.47. The number of nitro benzene ring substituents is 1. The van der Waals surface area contributed by atoms with Crippen molar-refractivity contribution in [3.8, 4) is 0 Å². The standard InChI is InChI=1S/C14H16F6O3.C12H14F6O2.C12H18O2.C11H9F9.C11H12F6O.C10H14O2.C9H8FNO3.B2FHNP/c1-7(6-12(22,13(15,16)17)14(18,19)20)23-11(21)10-5-8-2-3-9(10)4-8;13-11(14,15)10(19,12(16,17)18)6-20-5-9-4-7-1-2-8(9)3-7;1-2-14-12(13)6-5-11-8-9-3-4-10(11)7-9;12-8(13,7-4-5-1-2-6(7)3-5)9(14,15)10(16,17)11(18,19)20;12-10(13,14)9(18,11(15,16)17)5-8-4-6-1-2-7(8)3-6;1-7(11)12-6-10-5-8-2-3-9(10)4-8;1-6(10)9(12)7-2-4-8(5-3-7)11(13)14;1-5(2,3)4/h2-3,7-10,22H,4-6H2,1H3;1-2,7-9,19H,3-6H2;3-4,9-11H,2,5-8H2,1H3;1-2,5-7H,3-4H2;1-2,6-8,18H,3-5H2;2-3,8-10H,4-6H2,1H3;2-6H,1H3;4H. The van der Waals surface area contributed by atoms with Crippen molar-refractivity contribution in [3.63, 3.8) is 0 Å². The number of nitrogens with zero attached hydrogens (tertiary/aromatic N) is 1. The van der Waals surface area contributed by atoms with E-state index in [1.54, 1.807) is 6.08 Å². The van der Waals surface area contributed by atoms with Gasteiger partial charge in [0.25, 0.3) is 22.5 Å². The lowest BCUT2D eigenvalue weighted by atomic mass is 9.82. The van der Waals surface area contributed by atoms with Gasteiger partial charge in [-0.25, -0.2) is 8.59 Å². The van der Waals surface area contributed by atoms with Gasteiger partial charge in [0, 0.05) is 50.5 Å². The minimum absolute atomic E-state index is 0.0285. The number of non-ortho nitro benzene ring substituents is 1. The highest BCUT2D eigenvalue weighted by atomic mass is 31.2. The molecule has 0 spiro atoms. The molecular weight excluding hydrogens is 1790 g/mol. The second kappa shape index (κ2) is 41.4. The molecule has 12 bridgehead atoms. The van der Waals surface area contributed by atoms with Gasteiger partial charge in [-0.15, -0.1) is 0 Å². The van der Waals surface area contributed by atoms with Crippen LogP contribution >= 0.6 is 7.12 Å². The number of hydrogen-bond donors (Lipinski definition) is 4. The maximum Gasteiger partial charge on any atom is 0.460 e. The van der Waals surface area contributed by atoms with E-state index in [1.807, 2.05) is 37.3 Å². The Morgan fingerprint density at radius 3 is 1.17 bits per heavy atom. The molecule has 20 unspecified atom stereocenters. The summed E-state index contributed by atoms with van der Waals surface area (Å²) in [5.41, 5.74) is -14.3. The zero-order valence-electron chi connectivity index (χ0n) is 67.4. The highest BCUT2D eigenvalue weighted by Gasteiger charge is 2.84. The molecule has 0 amide bonds. The Kier molecular flexibility index (Phi) is 35.5. The summed E-state index contributed by atoms with van der Waals surface area (Å²) in [7, 11) is 4.85. The van der Waals surface area contributed by atoms with Crippen molar-refractivity contribution in [2.45, 2.75) is 221 Å². The van der Waals surface area contributed by atoms with Gasteiger partial charge < -0.3 is 39.4 Å². The third kappa shape index (κ3) is 27.0. The molecule has 710 valence electrons. The number of nitro groups is 1. The molecule has 0 heterocycles. The molecule has 4 N–H and O–H groups in total. The van der Waals surface area contributed by atoms with Gasteiger partial charge in [-0.05, 0) is 217 Å². The molecule has 15 nitrogen and oxygen atoms in total. The van der Waals surface area contributed by atoms with E-state index in [0.717, 1.165) is 56.8 Å². The largest absolute Gasteiger partial charge is 0.466 e. The summed E-state index contributed by atoms with van der Waals surface area (Å²) in [6.07, 6.45) is -15.0. The van der Waals surface area contributed by atoms with Crippen LogP contribution in [0.3, 0.4) is 0 Å². The molecule has 1 aromatic carbocycles. The first-order chi connectivity index (χ1) is 57.3. The van der Waals surface area contributed by atoms with E-state index in [1.165, 1.54) is 69.0 Å². The van der Waals surface area contributed by atoms with Gasteiger partial charge in [-0.1, -0.05) is 72.9 Å². The quantitative estimate of drug-likeness (QED) is 0.00975. The van der Waals surface area contributed by atoms with Crippen LogP contribution in [0.4, 0.5) is 133 Å². The number of fused-ring (bicyclic) bond motifs is 12. The summed E-state index contributed by atoms with van der Waals surface area (Å²) in [5, 5.41) is 43.3. The van der Waals surface area contributed by atoms with E-state index >= 15 is 0 Å². The first-order valence-corrected chi connectivity index (χ1v) is 41.4. The highest BCUT2D eigenvalue weighted by Crippen LogP contribution is 2.62. The topological polar surface area (TPSA) is 233 Å². The predicted molar refractivity (Wildman–Crippen MR) is 393 cm³/mol. The molecule has 0 saturated heterocycles. The number of aliphatic hydroxyl groups is 3. The van der Waals surface area contributed by atoms with Crippen LogP contribution in [-0.4, -0.2) is 176 Å². The zero-order chi connectivity index (χ0) is 95.9. The molecule has 6 saturated carbocycles. The Hall–Kier alpha value is -6.69. The monoisotopic (exact) mass is 1880 g/mol. The normalized spacial score (nSPS) is 28.7. The van der Waals surface area contributed by atoms with Gasteiger partial charge >= 0.3 is 78.9 Å². The lowest BCUT2D eigenvalue weighted by Gasteiger charge is -2.38. The predicted octanol–water partition coefficient (Wildman–Crippen LogP) is 21.8. The smallest absolute Gasteiger partial charge is 0.460 e. The van der Waals surface area contributed by atoms with Gasteiger partial charge in [-0.2, -0.15) is 119 Å². The van der Waals surface area contributed by atoms with Gasteiger partial charge in [0.05, 0.1) is 37.3 Å². The third-order valence-corrected chi connectivity index (χ3v) is 24.3. The summed E-state index contributed by atoms with van der Waals surface area (Å²) in [4.78, 5) is 54.4. The van der Waals surface area contributed by atoms with Crippen LogP contribution in [0.5, 0.6) is 0 Å². The molecule has 13 rings (SSSR count). The van der Waals surface area contributed by atoms with Crippen LogP contribution in [0, 0.1) is 122 Å². The molecule has 12 aliphatic rings. The second-order valence-corrected chi connectivity index (χ2v) is 34.9. The minimum atomic E-state index is -6.78. The van der Waals surface area contributed by atoms with Gasteiger partial charge in [0.2, 0.25) is 0 Å². The van der Waals surface area contributed by atoms with Crippen molar-refractivity contribution in [1.82, 2.24) is 0 Å². The summed E-state index contributed by atoms with van der Waals surface area (Å²) in [6, 6.07) is 4.85. The Balaban J connectivity index is 0.000000227. The van der Waals surface area contributed by atoms with Crippen molar-refractivity contribution in [3.05, 3.63) is 113 Å². The number of alkyl halides is 28. The van der Waals surface area contributed by atoms with Crippen LogP contribution in [0.1, 0.15) is 141 Å². The number of benzene rings is 1. The summed E-state index contributed by atoms with van der Waals surface area (Å²) >= 11 is 0. The van der Waals surface area contributed by atoms with Crippen LogP contribution in [0.25, 0.3) is 0 Å². The fraction of sp³-hybridized carbons (Fsp3) is 0.722. The molecule has 0 aromatic heterocycles. The van der Waals surface area contributed by atoms with E-state index in [0.29, 0.717) is 56.7 Å². The third-order valence-electron chi connectivity index (χ3n) is 24.3. The van der Waals surface area contributed by atoms with Crippen LogP contribution in [0.15, 0.2) is 97.2 Å².